The van der Waals surface area contributed by atoms with E-state index >= 15 is 0 Å². The third-order valence-corrected chi connectivity index (χ3v) is 5.39. The molecule has 1 aliphatic heterocycles. The molecule has 3 rings (SSSR count). The first kappa shape index (κ1) is 21.6. The Bertz CT molecular complexity index is 906. The minimum atomic E-state index is -0.439. The Hall–Kier alpha value is -3.15. The SMILES string of the molecule is COc1ccc(CN(C)C(=O)C2CCN(C(=O)C=Cc3ccccc3)CC2)cc1F. The summed E-state index contributed by atoms with van der Waals surface area (Å²) in [5, 5.41) is 0. The molecule has 1 aliphatic rings. The number of piperidine rings is 1. The highest BCUT2D eigenvalue weighted by Crippen LogP contribution is 2.22. The van der Waals surface area contributed by atoms with Crippen molar-refractivity contribution in [1.82, 2.24) is 9.80 Å². The Morgan fingerprint density at radius 2 is 1.87 bits per heavy atom. The van der Waals surface area contributed by atoms with Gasteiger partial charge in [-0.2, -0.15) is 0 Å². The monoisotopic (exact) mass is 410 g/mol. The fraction of sp³-hybridized carbons (Fsp3) is 0.333. The van der Waals surface area contributed by atoms with E-state index in [4.69, 9.17) is 4.74 Å². The second-order valence-electron chi connectivity index (χ2n) is 7.51. The van der Waals surface area contributed by atoms with Crippen molar-refractivity contribution >= 4 is 17.9 Å². The van der Waals surface area contributed by atoms with Gasteiger partial charge in [0.1, 0.15) is 0 Å². The number of nitrogens with zero attached hydrogens (tertiary/aromatic N) is 2. The molecule has 0 aromatic heterocycles. The predicted molar refractivity (Wildman–Crippen MR) is 114 cm³/mol. The van der Waals surface area contributed by atoms with Gasteiger partial charge in [0.05, 0.1) is 7.11 Å². The predicted octanol–water partition coefficient (Wildman–Crippen LogP) is 3.74. The number of likely N-dealkylation sites (tertiary alicyclic amines) is 1. The molecule has 158 valence electrons. The molecule has 5 nitrogen and oxygen atoms in total. The zero-order chi connectivity index (χ0) is 21.5. The van der Waals surface area contributed by atoms with Crippen LogP contribution in [0.2, 0.25) is 0 Å². The Labute approximate surface area is 176 Å². The number of carbonyl (C=O) groups is 2. The van der Waals surface area contributed by atoms with Crippen LogP contribution in [-0.2, 0) is 16.1 Å². The van der Waals surface area contributed by atoms with Crippen LogP contribution in [0.25, 0.3) is 6.08 Å². The zero-order valence-corrected chi connectivity index (χ0v) is 17.4. The van der Waals surface area contributed by atoms with Crippen molar-refractivity contribution < 1.29 is 18.7 Å². The third-order valence-electron chi connectivity index (χ3n) is 5.39. The molecule has 0 spiro atoms. The first-order valence-corrected chi connectivity index (χ1v) is 10.1. The average molecular weight is 410 g/mol. The number of amides is 2. The topological polar surface area (TPSA) is 49.9 Å². The smallest absolute Gasteiger partial charge is 0.246 e. The molecule has 0 N–H and O–H groups in total. The Kier molecular flexibility index (Phi) is 7.22. The van der Waals surface area contributed by atoms with Crippen molar-refractivity contribution in [1.29, 1.82) is 0 Å². The molecule has 1 heterocycles. The summed E-state index contributed by atoms with van der Waals surface area (Å²) in [7, 11) is 3.15. The summed E-state index contributed by atoms with van der Waals surface area (Å²) >= 11 is 0. The maximum Gasteiger partial charge on any atom is 0.246 e. The first-order valence-electron chi connectivity index (χ1n) is 10.1. The van der Waals surface area contributed by atoms with Gasteiger partial charge in [0.2, 0.25) is 11.8 Å². The summed E-state index contributed by atoms with van der Waals surface area (Å²) in [5.41, 5.74) is 1.69. The van der Waals surface area contributed by atoms with Crippen LogP contribution < -0.4 is 4.74 Å². The molecule has 2 aromatic rings. The van der Waals surface area contributed by atoms with Crippen LogP contribution in [0.1, 0.15) is 24.0 Å². The summed E-state index contributed by atoms with van der Waals surface area (Å²) in [6.07, 6.45) is 4.65. The van der Waals surface area contributed by atoms with Crippen molar-refractivity contribution in [2.24, 2.45) is 5.92 Å². The molecule has 1 saturated heterocycles. The highest BCUT2D eigenvalue weighted by molar-refractivity contribution is 5.92. The minimum absolute atomic E-state index is 0.0261. The number of ether oxygens (including phenoxy) is 1. The summed E-state index contributed by atoms with van der Waals surface area (Å²) in [6.45, 7) is 1.44. The Morgan fingerprint density at radius 1 is 1.17 bits per heavy atom. The number of hydrogen-bond acceptors (Lipinski definition) is 3. The molecule has 6 heteroatoms. The second-order valence-corrected chi connectivity index (χ2v) is 7.51. The van der Waals surface area contributed by atoms with Gasteiger partial charge in [-0.3, -0.25) is 9.59 Å². The normalized spacial score (nSPS) is 14.7. The Morgan fingerprint density at radius 3 is 2.50 bits per heavy atom. The number of rotatable bonds is 6. The molecule has 2 amide bonds. The molecule has 0 aliphatic carbocycles. The lowest BCUT2D eigenvalue weighted by Crippen LogP contribution is -2.42. The van der Waals surface area contributed by atoms with E-state index in [0.717, 1.165) is 5.56 Å². The summed E-state index contributed by atoms with van der Waals surface area (Å²) < 4.78 is 18.8. The van der Waals surface area contributed by atoms with E-state index in [9.17, 15) is 14.0 Å². The van der Waals surface area contributed by atoms with E-state index in [1.807, 2.05) is 30.3 Å². The number of benzene rings is 2. The molecule has 0 unspecified atom stereocenters. The molecule has 0 atom stereocenters. The standard InChI is InChI=1S/C24H27FN2O3/c1-26(17-19-8-10-22(30-2)21(25)16-19)24(29)20-12-14-27(15-13-20)23(28)11-9-18-6-4-3-5-7-18/h3-11,16,20H,12-15,17H2,1-2H3. The van der Waals surface area contributed by atoms with Gasteiger partial charge in [0.15, 0.2) is 11.6 Å². The highest BCUT2D eigenvalue weighted by Gasteiger charge is 2.28. The van der Waals surface area contributed by atoms with Crippen LogP contribution in [0.5, 0.6) is 5.75 Å². The fourth-order valence-corrected chi connectivity index (χ4v) is 3.66. The number of halogens is 1. The van der Waals surface area contributed by atoms with E-state index in [1.54, 1.807) is 41.1 Å². The van der Waals surface area contributed by atoms with Crippen LogP contribution in [0.15, 0.2) is 54.6 Å². The minimum Gasteiger partial charge on any atom is -0.494 e. The lowest BCUT2D eigenvalue weighted by atomic mass is 9.95. The van der Waals surface area contributed by atoms with Gasteiger partial charge >= 0.3 is 0 Å². The van der Waals surface area contributed by atoms with Crippen molar-refractivity contribution in [3.8, 4) is 5.75 Å². The van der Waals surface area contributed by atoms with E-state index in [0.29, 0.717) is 38.0 Å². The summed E-state index contributed by atoms with van der Waals surface area (Å²) in [6, 6.07) is 14.4. The van der Waals surface area contributed by atoms with Crippen LogP contribution in [0.3, 0.4) is 0 Å². The first-order chi connectivity index (χ1) is 14.5. The van der Waals surface area contributed by atoms with Gasteiger partial charge in [-0.1, -0.05) is 36.4 Å². The van der Waals surface area contributed by atoms with Gasteiger partial charge in [-0.05, 0) is 42.2 Å². The van der Waals surface area contributed by atoms with Crippen molar-refractivity contribution in [2.45, 2.75) is 19.4 Å². The lowest BCUT2D eigenvalue weighted by Gasteiger charge is -2.32. The van der Waals surface area contributed by atoms with Crippen LogP contribution in [0, 0.1) is 11.7 Å². The Balaban J connectivity index is 1.50. The quantitative estimate of drug-likeness (QED) is 0.682. The maximum absolute atomic E-state index is 13.9. The summed E-state index contributed by atoms with van der Waals surface area (Å²) in [5.74, 6) is -0.387. The second kappa shape index (κ2) is 10.1. The van der Waals surface area contributed by atoms with Gasteiger partial charge < -0.3 is 14.5 Å². The zero-order valence-electron chi connectivity index (χ0n) is 17.4. The molecule has 0 saturated carbocycles. The molecule has 2 aromatic carbocycles. The van der Waals surface area contributed by atoms with Crippen LogP contribution >= 0.6 is 0 Å². The van der Waals surface area contributed by atoms with Crippen LogP contribution in [-0.4, -0.2) is 48.9 Å². The fourth-order valence-electron chi connectivity index (χ4n) is 3.66. The van der Waals surface area contributed by atoms with Crippen molar-refractivity contribution in [3.05, 3.63) is 71.6 Å². The molecule has 1 fully saturated rings. The number of hydrogen-bond donors (Lipinski definition) is 0. The van der Waals surface area contributed by atoms with Crippen molar-refractivity contribution in [2.75, 3.05) is 27.2 Å². The van der Waals surface area contributed by atoms with E-state index in [-0.39, 0.29) is 23.5 Å². The summed E-state index contributed by atoms with van der Waals surface area (Å²) in [4.78, 5) is 28.6. The van der Waals surface area contributed by atoms with E-state index in [2.05, 4.69) is 0 Å². The average Bonchev–Trinajstić information content (AvgIpc) is 2.78. The number of methoxy groups -OCH3 is 1. The van der Waals surface area contributed by atoms with Gasteiger partial charge in [-0.25, -0.2) is 4.39 Å². The highest BCUT2D eigenvalue weighted by atomic mass is 19.1. The molecule has 30 heavy (non-hydrogen) atoms. The maximum atomic E-state index is 13.9. The number of carbonyl (C=O) groups excluding carboxylic acids is 2. The molecular formula is C24H27FN2O3. The van der Waals surface area contributed by atoms with Gasteiger partial charge in [0.25, 0.3) is 0 Å². The van der Waals surface area contributed by atoms with E-state index < -0.39 is 5.82 Å². The lowest BCUT2D eigenvalue weighted by molar-refractivity contribution is -0.138. The van der Waals surface area contributed by atoms with Crippen molar-refractivity contribution in [3.63, 3.8) is 0 Å². The molecular weight excluding hydrogens is 383 g/mol. The molecule has 0 bridgehead atoms. The van der Waals surface area contributed by atoms with Gasteiger partial charge in [0, 0.05) is 38.7 Å². The van der Waals surface area contributed by atoms with Gasteiger partial charge in [-0.15, -0.1) is 0 Å². The third kappa shape index (κ3) is 5.47. The van der Waals surface area contributed by atoms with E-state index in [1.165, 1.54) is 13.2 Å². The largest absolute Gasteiger partial charge is 0.494 e. The molecule has 0 radical (unpaired) electrons. The van der Waals surface area contributed by atoms with Crippen LogP contribution in [0.4, 0.5) is 4.39 Å².